The van der Waals surface area contributed by atoms with Crippen LogP contribution in [0.4, 0.5) is 5.69 Å². The summed E-state index contributed by atoms with van der Waals surface area (Å²) >= 11 is 3.48. The van der Waals surface area contributed by atoms with Crippen LogP contribution < -0.4 is 15.0 Å². The lowest BCUT2D eigenvalue weighted by Crippen LogP contribution is -3.08. The number of nitrogens with one attached hydrogen (secondary N) is 2. The molecule has 1 unspecified atom stereocenters. The minimum absolute atomic E-state index is 0.00779. The highest BCUT2D eigenvalue weighted by Gasteiger charge is 2.14. The van der Waals surface area contributed by atoms with Crippen molar-refractivity contribution in [1.29, 1.82) is 0 Å². The van der Waals surface area contributed by atoms with Crippen molar-refractivity contribution in [1.82, 2.24) is 0 Å². The Morgan fingerprint density at radius 1 is 1.21 bits per heavy atom. The Kier molecular flexibility index (Phi) is 6.40. The van der Waals surface area contributed by atoms with Gasteiger partial charge in [-0.25, -0.2) is 0 Å². The van der Waals surface area contributed by atoms with E-state index in [0.717, 1.165) is 31.9 Å². The molecule has 24 heavy (non-hydrogen) atoms. The summed E-state index contributed by atoms with van der Waals surface area (Å²) in [7, 11) is 3.66. The van der Waals surface area contributed by atoms with Crippen LogP contribution in [0.3, 0.4) is 0 Å². The first kappa shape index (κ1) is 18.5. The predicted octanol–water partition coefficient (Wildman–Crippen LogP) is 2.73. The first-order chi connectivity index (χ1) is 11.4. The predicted molar refractivity (Wildman–Crippen MR) is 101 cm³/mol. The number of carbonyl (C=O) groups is 1. The van der Waals surface area contributed by atoms with Crippen LogP contribution in [0.5, 0.6) is 5.75 Å². The van der Waals surface area contributed by atoms with Crippen molar-refractivity contribution in [2.75, 3.05) is 26.0 Å². The molecule has 2 N–H and O–H groups in total. The van der Waals surface area contributed by atoms with Crippen LogP contribution in [0, 0.1) is 13.8 Å². The lowest BCUT2D eigenvalue weighted by atomic mass is 10.1. The van der Waals surface area contributed by atoms with E-state index >= 15 is 0 Å². The molecule has 0 aliphatic heterocycles. The number of benzene rings is 2. The van der Waals surface area contributed by atoms with E-state index in [0.29, 0.717) is 13.1 Å². The van der Waals surface area contributed by atoms with Gasteiger partial charge in [-0.3, -0.25) is 4.79 Å². The number of hydrogen-bond donors (Lipinski definition) is 2. The third kappa shape index (κ3) is 5.08. The van der Waals surface area contributed by atoms with Gasteiger partial charge in [-0.1, -0.05) is 33.6 Å². The number of anilines is 1. The van der Waals surface area contributed by atoms with Crippen molar-refractivity contribution in [3.63, 3.8) is 0 Å². The van der Waals surface area contributed by atoms with Crippen molar-refractivity contribution in [2.45, 2.75) is 20.4 Å². The van der Waals surface area contributed by atoms with Gasteiger partial charge in [-0.15, -0.1) is 0 Å². The number of halogens is 1. The number of rotatable bonds is 6. The summed E-state index contributed by atoms with van der Waals surface area (Å²) in [5, 5.41) is 2.99. The number of aryl methyl sites for hydroxylation is 2. The largest absolute Gasteiger partial charge is 0.496 e. The number of likely N-dealkylation sites (N-methyl/N-ethyl adjacent to an activating group) is 1. The van der Waals surface area contributed by atoms with Crippen molar-refractivity contribution in [3.05, 3.63) is 57.6 Å². The quantitative estimate of drug-likeness (QED) is 0.794. The summed E-state index contributed by atoms with van der Waals surface area (Å²) in [6, 6.07) is 11.9. The second-order valence-corrected chi connectivity index (χ2v) is 7.05. The standard InChI is InChI=1S/C19H23BrN2O2/c1-13-5-7-17(14(2)9-13)21-19(23)12-22(3)11-15-10-16(20)6-8-18(15)24-4/h5-10H,11-12H2,1-4H3,(H,21,23)/p+1. The zero-order chi connectivity index (χ0) is 17.7. The fraction of sp³-hybridized carbons (Fsp3) is 0.316. The smallest absolute Gasteiger partial charge is 0.279 e. The average Bonchev–Trinajstić information content (AvgIpc) is 2.50. The molecule has 1 amide bonds. The Morgan fingerprint density at radius 2 is 1.96 bits per heavy atom. The molecule has 0 aliphatic carbocycles. The summed E-state index contributed by atoms with van der Waals surface area (Å²) in [6.45, 7) is 5.15. The van der Waals surface area contributed by atoms with E-state index < -0.39 is 0 Å². The Labute approximate surface area is 151 Å². The van der Waals surface area contributed by atoms with Crippen LogP contribution in [-0.4, -0.2) is 26.6 Å². The van der Waals surface area contributed by atoms with Crippen LogP contribution >= 0.6 is 15.9 Å². The van der Waals surface area contributed by atoms with Gasteiger partial charge < -0.3 is 15.0 Å². The number of ether oxygens (including phenoxy) is 1. The third-order valence-electron chi connectivity index (χ3n) is 3.85. The molecule has 0 bridgehead atoms. The van der Waals surface area contributed by atoms with Crippen molar-refractivity contribution >= 4 is 27.5 Å². The molecule has 0 heterocycles. The Morgan fingerprint density at radius 3 is 2.62 bits per heavy atom. The molecule has 1 atom stereocenters. The Bertz CT molecular complexity index is 731. The topological polar surface area (TPSA) is 42.8 Å². The van der Waals surface area contributed by atoms with Gasteiger partial charge in [-0.05, 0) is 43.7 Å². The Balaban J connectivity index is 1.98. The number of hydrogen-bond acceptors (Lipinski definition) is 2. The molecular weight excluding hydrogens is 368 g/mol. The van der Waals surface area contributed by atoms with E-state index in [2.05, 4.69) is 27.3 Å². The summed E-state index contributed by atoms with van der Waals surface area (Å²) in [5.41, 5.74) is 4.21. The first-order valence-electron chi connectivity index (χ1n) is 7.90. The molecule has 2 aromatic rings. The maximum Gasteiger partial charge on any atom is 0.279 e. The van der Waals surface area contributed by atoms with E-state index in [4.69, 9.17) is 4.74 Å². The highest BCUT2D eigenvalue weighted by atomic mass is 79.9. The monoisotopic (exact) mass is 391 g/mol. The Hall–Kier alpha value is -1.85. The van der Waals surface area contributed by atoms with Crippen LogP contribution in [0.15, 0.2) is 40.9 Å². The van der Waals surface area contributed by atoms with Crippen molar-refractivity contribution in [2.24, 2.45) is 0 Å². The second kappa shape index (κ2) is 8.31. The summed E-state index contributed by atoms with van der Waals surface area (Å²) in [6.07, 6.45) is 0. The van der Waals surface area contributed by atoms with Gasteiger partial charge in [0.1, 0.15) is 12.3 Å². The van der Waals surface area contributed by atoms with Gasteiger partial charge in [-0.2, -0.15) is 0 Å². The lowest BCUT2D eigenvalue weighted by Gasteiger charge is -2.16. The highest BCUT2D eigenvalue weighted by molar-refractivity contribution is 9.10. The van der Waals surface area contributed by atoms with Crippen molar-refractivity contribution in [3.8, 4) is 5.75 Å². The second-order valence-electron chi connectivity index (χ2n) is 6.13. The highest BCUT2D eigenvalue weighted by Crippen LogP contribution is 2.22. The van der Waals surface area contributed by atoms with Crippen molar-refractivity contribution < 1.29 is 14.4 Å². The maximum absolute atomic E-state index is 12.3. The molecule has 4 nitrogen and oxygen atoms in total. The van der Waals surface area contributed by atoms with E-state index in [-0.39, 0.29) is 5.91 Å². The van der Waals surface area contributed by atoms with E-state index in [1.165, 1.54) is 5.56 Å². The van der Waals surface area contributed by atoms with Crippen LogP contribution in [-0.2, 0) is 11.3 Å². The summed E-state index contributed by atoms with van der Waals surface area (Å²) in [4.78, 5) is 13.4. The molecule has 0 saturated carbocycles. The molecule has 2 rings (SSSR count). The minimum atomic E-state index is 0.00779. The fourth-order valence-corrected chi connectivity index (χ4v) is 3.10. The molecule has 5 heteroatoms. The molecule has 2 aromatic carbocycles. The van der Waals surface area contributed by atoms with Gasteiger partial charge in [0.05, 0.1) is 14.2 Å². The maximum atomic E-state index is 12.3. The molecule has 0 saturated heterocycles. The molecule has 0 aliphatic rings. The molecule has 0 fully saturated rings. The third-order valence-corrected chi connectivity index (χ3v) is 4.35. The van der Waals surface area contributed by atoms with E-state index in [9.17, 15) is 4.79 Å². The van der Waals surface area contributed by atoms with Gasteiger partial charge >= 0.3 is 0 Å². The van der Waals surface area contributed by atoms with Gasteiger partial charge in [0.25, 0.3) is 5.91 Å². The SMILES string of the molecule is COc1ccc(Br)cc1C[NH+](C)CC(=O)Nc1ccc(C)cc1C. The summed E-state index contributed by atoms with van der Waals surface area (Å²) in [5.74, 6) is 0.848. The normalized spacial score (nSPS) is 11.9. The minimum Gasteiger partial charge on any atom is -0.496 e. The molecule has 0 aromatic heterocycles. The van der Waals surface area contributed by atoms with E-state index in [1.54, 1.807) is 7.11 Å². The zero-order valence-electron chi connectivity index (χ0n) is 14.6. The number of carbonyl (C=O) groups excluding carboxylic acids is 1. The molecule has 0 spiro atoms. The average molecular weight is 392 g/mol. The van der Waals surface area contributed by atoms with Crippen LogP contribution in [0.1, 0.15) is 16.7 Å². The molecule has 128 valence electrons. The number of quaternary nitrogens is 1. The van der Waals surface area contributed by atoms with E-state index in [1.807, 2.05) is 51.2 Å². The van der Waals surface area contributed by atoms with Crippen LogP contribution in [0.25, 0.3) is 0 Å². The van der Waals surface area contributed by atoms with Crippen LogP contribution in [0.2, 0.25) is 0 Å². The first-order valence-corrected chi connectivity index (χ1v) is 8.69. The number of amides is 1. The molecule has 0 radical (unpaired) electrons. The molecular formula is C19H24BrN2O2+. The van der Waals surface area contributed by atoms with Gasteiger partial charge in [0.2, 0.25) is 0 Å². The zero-order valence-corrected chi connectivity index (χ0v) is 16.2. The number of methoxy groups -OCH3 is 1. The van der Waals surface area contributed by atoms with Gasteiger partial charge in [0, 0.05) is 15.7 Å². The van der Waals surface area contributed by atoms with Gasteiger partial charge in [0.15, 0.2) is 6.54 Å². The lowest BCUT2D eigenvalue weighted by molar-refractivity contribution is -0.885. The fourth-order valence-electron chi connectivity index (χ4n) is 2.70. The summed E-state index contributed by atoms with van der Waals surface area (Å²) < 4.78 is 6.40.